The van der Waals surface area contributed by atoms with Gasteiger partial charge in [0.1, 0.15) is 5.75 Å². The summed E-state index contributed by atoms with van der Waals surface area (Å²) in [6.45, 7) is 0. The number of nitrogens with zero attached hydrogens (tertiary/aromatic N) is 2. The van der Waals surface area contributed by atoms with Crippen LogP contribution in [-0.2, 0) is 0 Å². The molecule has 0 aliphatic heterocycles. The first-order chi connectivity index (χ1) is 12.0. The van der Waals surface area contributed by atoms with Crippen LogP contribution in [0.4, 0.5) is 5.69 Å². The summed E-state index contributed by atoms with van der Waals surface area (Å²) in [5.74, 6) is 1.67. The molecule has 0 spiro atoms. The van der Waals surface area contributed by atoms with Gasteiger partial charge in [-0.1, -0.05) is 0 Å². The SMILES string of the molecule is COc1ccc([N+](=O)[O-])c(Sc2nc3cc(OC)c(OC)cc3[nH]2)c1. The monoisotopic (exact) mass is 361 g/mol. The van der Waals surface area contributed by atoms with E-state index in [0.29, 0.717) is 32.8 Å². The highest BCUT2D eigenvalue weighted by Gasteiger charge is 2.18. The Morgan fingerprint density at radius 3 is 2.44 bits per heavy atom. The van der Waals surface area contributed by atoms with Gasteiger partial charge in [-0.15, -0.1) is 0 Å². The first kappa shape index (κ1) is 16.9. The Morgan fingerprint density at radius 1 is 1.08 bits per heavy atom. The normalized spacial score (nSPS) is 10.7. The number of methoxy groups -OCH3 is 3. The lowest BCUT2D eigenvalue weighted by Gasteiger charge is -2.06. The smallest absolute Gasteiger partial charge is 0.283 e. The van der Waals surface area contributed by atoms with Gasteiger partial charge in [-0.25, -0.2) is 4.98 Å². The molecule has 0 atom stereocenters. The van der Waals surface area contributed by atoms with Gasteiger partial charge in [-0.2, -0.15) is 0 Å². The molecule has 3 rings (SSSR count). The number of nitro groups is 1. The number of nitro benzene ring substituents is 1. The lowest BCUT2D eigenvalue weighted by atomic mass is 10.3. The summed E-state index contributed by atoms with van der Waals surface area (Å²) in [7, 11) is 4.61. The molecule has 0 amide bonds. The minimum absolute atomic E-state index is 0.0126. The van der Waals surface area contributed by atoms with Crippen molar-refractivity contribution in [2.45, 2.75) is 10.1 Å². The van der Waals surface area contributed by atoms with E-state index in [1.165, 1.54) is 13.2 Å². The Kier molecular flexibility index (Phi) is 4.66. The summed E-state index contributed by atoms with van der Waals surface area (Å²) in [5, 5.41) is 11.8. The van der Waals surface area contributed by atoms with Crippen LogP contribution in [0.3, 0.4) is 0 Å². The maximum Gasteiger partial charge on any atom is 0.283 e. The van der Waals surface area contributed by atoms with E-state index in [1.54, 1.807) is 38.5 Å². The number of aromatic amines is 1. The van der Waals surface area contributed by atoms with Crippen molar-refractivity contribution in [1.29, 1.82) is 0 Å². The Labute approximate surface area is 147 Å². The van der Waals surface area contributed by atoms with E-state index in [9.17, 15) is 10.1 Å². The second-order valence-electron chi connectivity index (χ2n) is 4.96. The molecular weight excluding hydrogens is 346 g/mol. The minimum atomic E-state index is -0.434. The Bertz CT molecular complexity index is 900. The predicted molar refractivity (Wildman–Crippen MR) is 93.0 cm³/mol. The van der Waals surface area contributed by atoms with Crippen molar-refractivity contribution in [1.82, 2.24) is 9.97 Å². The first-order valence-electron chi connectivity index (χ1n) is 7.17. The van der Waals surface area contributed by atoms with Crippen molar-refractivity contribution < 1.29 is 19.1 Å². The second-order valence-corrected chi connectivity index (χ2v) is 5.99. The van der Waals surface area contributed by atoms with Crippen molar-refractivity contribution in [2.24, 2.45) is 0 Å². The van der Waals surface area contributed by atoms with Gasteiger partial charge in [0.25, 0.3) is 5.69 Å². The fourth-order valence-electron chi connectivity index (χ4n) is 2.32. The Morgan fingerprint density at radius 2 is 1.80 bits per heavy atom. The molecular formula is C16H15N3O5S. The number of nitrogens with one attached hydrogen (secondary N) is 1. The topological polar surface area (TPSA) is 99.5 Å². The average Bonchev–Trinajstić information content (AvgIpc) is 3.00. The minimum Gasteiger partial charge on any atom is -0.497 e. The van der Waals surface area contributed by atoms with E-state index >= 15 is 0 Å². The van der Waals surface area contributed by atoms with Crippen molar-refractivity contribution in [3.05, 3.63) is 40.4 Å². The molecule has 0 unspecified atom stereocenters. The highest BCUT2D eigenvalue weighted by molar-refractivity contribution is 7.99. The number of hydrogen-bond donors (Lipinski definition) is 1. The molecule has 1 N–H and O–H groups in total. The molecule has 2 aromatic carbocycles. The van der Waals surface area contributed by atoms with Crippen LogP contribution in [0, 0.1) is 10.1 Å². The van der Waals surface area contributed by atoms with Crippen LogP contribution >= 0.6 is 11.8 Å². The molecule has 0 bridgehead atoms. The van der Waals surface area contributed by atoms with Gasteiger partial charge >= 0.3 is 0 Å². The van der Waals surface area contributed by atoms with E-state index in [4.69, 9.17) is 14.2 Å². The fraction of sp³-hybridized carbons (Fsp3) is 0.188. The number of fused-ring (bicyclic) bond motifs is 1. The van der Waals surface area contributed by atoms with Crippen LogP contribution in [-0.4, -0.2) is 36.2 Å². The Hall–Kier alpha value is -2.94. The van der Waals surface area contributed by atoms with E-state index in [0.717, 1.165) is 17.3 Å². The van der Waals surface area contributed by atoms with Crippen LogP contribution in [0.2, 0.25) is 0 Å². The van der Waals surface area contributed by atoms with Crippen molar-refractivity contribution in [2.75, 3.05) is 21.3 Å². The van der Waals surface area contributed by atoms with E-state index in [1.807, 2.05) is 0 Å². The van der Waals surface area contributed by atoms with Crippen LogP contribution in [0.1, 0.15) is 0 Å². The van der Waals surface area contributed by atoms with E-state index in [-0.39, 0.29) is 5.69 Å². The Balaban J connectivity index is 2.02. The molecule has 0 saturated heterocycles. The fourth-order valence-corrected chi connectivity index (χ4v) is 3.26. The molecule has 3 aromatic rings. The third kappa shape index (κ3) is 3.31. The molecule has 130 valence electrons. The third-order valence-electron chi connectivity index (χ3n) is 3.54. The van der Waals surface area contributed by atoms with Crippen LogP contribution in [0.5, 0.6) is 17.2 Å². The van der Waals surface area contributed by atoms with Crippen molar-refractivity contribution >= 4 is 28.5 Å². The number of ether oxygens (including phenoxy) is 3. The number of rotatable bonds is 6. The molecule has 0 aliphatic carbocycles. The summed E-state index contributed by atoms with van der Waals surface area (Å²) < 4.78 is 15.7. The lowest BCUT2D eigenvalue weighted by molar-refractivity contribution is -0.387. The summed E-state index contributed by atoms with van der Waals surface area (Å²) in [6.07, 6.45) is 0. The van der Waals surface area contributed by atoms with Crippen LogP contribution in [0.25, 0.3) is 11.0 Å². The predicted octanol–water partition coefficient (Wildman–Crippen LogP) is 3.65. The van der Waals surface area contributed by atoms with Gasteiger partial charge < -0.3 is 19.2 Å². The summed E-state index contributed by atoms with van der Waals surface area (Å²) in [4.78, 5) is 18.8. The van der Waals surface area contributed by atoms with Gasteiger partial charge in [-0.05, 0) is 17.8 Å². The zero-order chi connectivity index (χ0) is 18.0. The molecule has 8 nitrogen and oxygen atoms in total. The maximum atomic E-state index is 11.2. The van der Waals surface area contributed by atoms with Gasteiger partial charge in [-0.3, -0.25) is 10.1 Å². The highest BCUT2D eigenvalue weighted by atomic mass is 32.2. The number of benzene rings is 2. The zero-order valence-corrected chi connectivity index (χ0v) is 14.5. The van der Waals surface area contributed by atoms with E-state index in [2.05, 4.69) is 9.97 Å². The summed E-state index contributed by atoms with van der Waals surface area (Å²) >= 11 is 1.15. The van der Waals surface area contributed by atoms with Crippen molar-refractivity contribution in [3.8, 4) is 17.2 Å². The molecule has 9 heteroatoms. The lowest BCUT2D eigenvalue weighted by Crippen LogP contribution is -1.92. The van der Waals surface area contributed by atoms with Crippen molar-refractivity contribution in [3.63, 3.8) is 0 Å². The largest absolute Gasteiger partial charge is 0.497 e. The average molecular weight is 361 g/mol. The molecule has 0 aliphatic rings. The number of H-pyrrole nitrogens is 1. The van der Waals surface area contributed by atoms with Crippen LogP contribution < -0.4 is 14.2 Å². The van der Waals surface area contributed by atoms with Gasteiger partial charge in [0, 0.05) is 24.3 Å². The second kappa shape index (κ2) is 6.89. The zero-order valence-electron chi connectivity index (χ0n) is 13.7. The molecule has 0 saturated carbocycles. The quantitative estimate of drug-likeness (QED) is 0.528. The highest BCUT2D eigenvalue weighted by Crippen LogP contribution is 2.38. The van der Waals surface area contributed by atoms with E-state index < -0.39 is 4.92 Å². The number of hydrogen-bond acceptors (Lipinski definition) is 7. The van der Waals surface area contributed by atoms with Gasteiger partial charge in [0.2, 0.25) is 0 Å². The van der Waals surface area contributed by atoms with Gasteiger partial charge in [0.05, 0.1) is 42.2 Å². The number of aromatic nitrogens is 2. The first-order valence-corrected chi connectivity index (χ1v) is 7.99. The summed E-state index contributed by atoms with van der Waals surface area (Å²) in [6, 6.07) is 8.09. The standard InChI is InChI=1S/C16H15N3O5S/c1-22-9-4-5-12(19(20)21)15(6-9)25-16-17-10-7-13(23-2)14(24-3)8-11(10)18-16/h4-8H,1-3H3,(H,17,18). The van der Waals surface area contributed by atoms with Crippen LogP contribution in [0.15, 0.2) is 40.4 Å². The molecule has 0 fully saturated rings. The maximum absolute atomic E-state index is 11.2. The molecule has 0 radical (unpaired) electrons. The van der Waals surface area contributed by atoms with Gasteiger partial charge in [0.15, 0.2) is 16.7 Å². The molecule has 25 heavy (non-hydrogen) atoms. The number of imidazole rings is 1. The third-order valence-corrected chi connectivity index (χ3v) is 4.47. The molecule has 1 heterocycles. The molecule has 1 aromatic heterocycles. The summed E-state index contributed by atoms with van der Waals surface area (Å²) in [5.41, 5.74) is 1.40.